The van der Waals surface area contributed by atoms with E-state index in [1.807, 2.05) is 24.3 Å². The summed E-state index contributed by atoms with van der Waals surface area (Å²) in [5.41, 5.74) is 5.92. The Kier molecular flexibility index (Phi) is 3.85. The van der Waals surface area contributed by atoms with Gasteiger partial charge in [0.2, 0.25) is 0 Å². The fourth-order valence-corrected chi connectivity index (χ4v) is 2.84. The summed E-state index contributed by atoms with van der Waals surface area (Å²) in [6, 6.07) is 7.59. The minimum absolute atomic E-state index is 0.682. The van der Waals surface area contributed by atoms with Crippen LogP contribution in [0.15, 0.2) is 24.3 Å². The van der Waals surface area contributed by atoms with Crippen molar-refractivity contribution in [1.29, 1.82) is 0 Å². The highest BCUT2D eigenvalue weighted by molar-refractivity contribution is 6.30. The third-order valence-corrected chi connectivity index (χ3v) is 3.89. The van der Waals surface area contributed by atoms with Gasteiger partial charge >= 0.3 is 0 Å². The second-order valence-corrected chi connectivity index (χ2v) is 5.47. The molecule has 20 heavy (non-hydrogen) atoms. The van der Waals surface area contributed by atoms with Crippen LogP contribution in [0.1, 0.15) is 30.5 Å². The number of nitrogens with one attached hydrogen (secondary N) is 1. The zero-order chi connectivity index (χ0) is 13.9. The number of hydrogen-bond acceptors (Lipinski definition) is 4. The maximum Gasteiger partial charge on any atom is 0.161 e. The molecular formula is C15H17ClN4. The normalized spacial score (nSPS) is 14.5. The Labute approximate surface area is 123 Å². The molecule has 4 nitrogen and oxygen atoms in total. The summed E-state index contributed by atoms with van der Waals surface area (Å²) >= 11 is 6.04. The van der Waals surface area contributed by atoms with Crippen LogP contribution in [0.25, 0.3) is 11.4 Å². The van der Waals surface area contributed by atoms with Crippen molar-refractivity contribution in [2.45, 2.75) is 32.1 Å². The number of benzene rings is 1. The number of halogens is 1. The summed E-state index contributed by atoms with van der Waals surface area (Å²) in [5.74, 6) is 7.06. The number of hydrogen-bond donors (Lipinski definition) is 2. The topological polar surface area (TPSA) is 63.8 Å². The molecule has 0 unspecified atom stereocenters. The molecule has 1 aromatic heterocycles. The van der Waals surface area contributed by atoms with Crippen LogP contribution in [0.5, 0.6) is 0 Å². The molecule has 0 spiro atoms. The molecule has 0 bridgehead atoms. The first-order valence-electron chi connectivity index (χ1n) is 6.90. The first-order valence-corrected chi connectivity index (χ1v) is 7.28. The standard InChI is InChI=1S/C15H17ClN4/c16-11-6-4-5-10(9-11)14-18-13-8-3-1-2-7-12(13)15(19-14)20-17/h4-6,9H,1-3,7-8,17H2,(H,18,19,20). The van der Waals surface area contributed by atoms with Gasteiger partial charge in [-0.3, -0.25) is 0 Å². The Bertz CT molecular complexity index is 627. The number of anilines is 1. The second-order valence-electron chi connectivity index (χ2n) is 5.04. The van der Waals surface area contributed by atoms with Gasteiger partial charge in [0.05, 0.1) is 0 Å². The lowest BCUT2D eigenvalue weighted by Gasteiger charge is -2.12. The molecule has 0 aliphatic heterocycles. The lowest BCUT2D eigenvalue weighted by Crippen LogP contribution is -2.14. The number of fused-ring (bicyclic) bond motifs is 1. The highest BCUT2D eigenvalue weighted by Crippen LogP contribution is 2.28. The molecule has 5 heteroatoms. The van der Waals surface area contributed by atoms with Gasteiger partial charge in [-0.25, -0.2) is 15.8 Å². The SMILES string of the molecule is NNc1nc(-c2cccc(Cl)c2)nc2c1CCCCC2. The minimum atomic E-state index is 0.682. The van der Waals surface area contributed by atoms with E-state index in [4.69, 9.17) is 22.4 Å². The summed E-state index contributed by atoms with van der Waals surface area (Å²) in [7, 11) is 0. The number of hydrazine groups is 1. The van der Waals surface area contributed by atoms with Crippen molar-refractivity contribution < 1.29 is 0 Å². The molecule has 0 saturated heterocycles. The summed E-state index contributed by atoms with van der Waals surface area (Å²) in [6.45, 7) is 0. The Morgan fingerprint density at radius 2 is 1.95 bits per heavy atom. The molecule has 1 aliphatic carbocycles. The first-order chi connectivity index (χ1) is 9.78. The van der Waals surface area contributed by atoms with Crippen molar-refractivity contribution >= 4 is 17.4 Å². The van der Waals surface area contributed by atoms with Gasteiger partial charge < -0.3 is 5.43 Å². The molecule has 0 fully saturated rings. The Morgan fingerprint density at radius 1 is 1.10 bits per heavy atom. The van der Waals surface area contributed by atoms with Crippen LogP contribution in [0.3, 0.4) is 0 Å². The van der Waals surface area contributed by atoms with Crippen molar-refractivity contribution in [3.63, 3.8) is 0 Å². The molecular weight excluding hydrogens is 272 g/mol. The van der Waals surface area contributed by atoms with Crippen molar-refractivity contribution in [3.8, 4) is 11.4 Å². The number of aryl methyl sites for hydroxylation is 1. The van der Waals surface area contributed by atoms with Crippen LogP contribution in [0, 0.1) is 0 Å². The van der Waals surface area contributed by atoms with E-state index in [0.29, 0.717) is 10.8 Å². The number of rotatable bonds is 2. The fraction of sp³-hybridized carbons (Fsp3) is 0.333. The molecule has 2 aromatic rings. The Hall–Kier alpha value is -1.65. The summed E-state index contributed by atoms with van der Waals surface area (Å²) in [4.78, 5) is 9.28. The van der Waals surface area contributed by atoms with E-state index in [9.17, 15) is 0 Å². The number of nitrogens with zero attached hydrogens (tertiary/aromatic N) is 2. The molecule has 1 aliphatic rings. The second kappa shape index (κ2) is 5.77. The molecule has 3 rings (SSSR count). The predicted molar refractivity (Wildman–Crippen MR) is 81.5 cm³/mol. The maximum absolute atomic E-state index is 6.04. The van der Waals surface area contributed by atoms with Gasteiger partial charge in [-0.1, -0.05) is 30.2 Å². The largest absolute Gasteiger partial charge is 0.308 e. The van der Waals surface area contributed by atoms with E-state index in [2.05, 4.69) is 10.4 Å². The zero-order valence-electron chi connectivity index (χ0n) is 11.2. The molecule has 1 heterocycles. The highest BCUT2D eigenvalue weighted by atomic mass is 35.5. The first kappa shape index (κ1) is 13.3. The fourth-order valence-electron chi connectivity index (χ4n) is 2.65. The predicted octanol–water partition coefficient (Wildman–Crippen LogP) is 3.35. The van der Waals surface area contributed by atoms with Gasteiger partial charge in [0.1, 0.15) is 5.82 Å². The molecule has 104 valence electrons. The average Bonchev–Trinajstić information content (AvgIpc) is 2.71. The van der Waals surface area contributed by atoms with Gasteiger partial charge in [0.15, 0.2) is 5.82 Å². The van der Waals surface area contributed by atoms with Gasteiger partial charge in [0.25, 0.3) is 0 Å². The summed E-state index contributed by atoms with van der Waals surface area (Å²) in [5, 5.41) is 0.684. The van der Waals surface area contributed by atoms with Gasteiger partial charge in [-0.15, -0.1) is 0 Å². The Morgan fingerprint density at radius 3 is 2.75 bits per heavy atom. The van der Waals surface area contributed by atoms with Crippen LogP contribution >= 0.6 is 11.6 Å². The van der Waals surface area contributed by atoms with E-state index in [-0.39, 0.29) is 0 Å². The van der Waals surface area contributed by atoms with Crippen LogP contribution in [0.4, 0.5) is 5.82 Å². The van der Waals surface area contributed by atoms with Crippen LogP contribution in [0.2, 0.25) is 5.02 Å². The van der Waals surface area contributed by atoms with E-state index in [1.54, 1.807) is 0 Å². The summed E-state index contributed by atoms with van der Waals surface area (Å²) in [6.07, 6.45) is 5.54. The van der Waals surface area contributed by atoms with E-state index >= 15 is 0 Å². The monoisotopic (exact) mass is 288 g/mol. The zero-order valence-corrected chi connectivity index (χ0v) is 12.0. The van der Waals surface area contributed by atoms with Crippen LogP contribution < -0.4 is 11.3 Å². The molecule has 0 saturated carbocycles. The van der Waals surface area contributed by atoms with E-state index in [1.165, 1.54) is 19.3 Å². The summed E-state index contributed by atoms with van der Waals surface area (Å²) < 4.78 is 0. The van der Waals surface area contributed by atoms with Crippen LogP contribution in [-0.4, -0.2) is 9.97 Å². The molecule has 3 N–H and O–H groups in total. The lowest BCUT2D eigenvalue weighted by molar-refractivity contribution is 0.709. The maximum atomic E-state index is 6.04. The number of aromatic nitrogens is 2. The van der Waals surface area contributed by atoms with Crippen molar-refractivity contribution in [3.05, 3.63) is 40.5 Å². The number of nitrogen functional groups attached to an aromatic ring is 1. The third kappa shape index (κ3) is 2.62. The average molecular weight is 289 g/mol. The van der Waals surface area contributed by atoms with E-state index in [0.717, 1.165) is 35.5 Å². The highest BCUT2D eigenvalue weighted by Gasteiger charge is 2.17. The van der Waals surface area contributed by atoms with Gasteiger partial charge in [0, 0.05) is 21.8 Å². The van der Waals surface area contributed by atoms with Crippen LogP contribution in [-0.2, 0) is 12.8 Å². The van der Waals surface area contributed by atoms with Gasteiger partial charge in [-0.2, -0.15) is 0 Å². The van der Waals surface area contributed by atoms with Crippen molar-refractivity contribution in [1.82, 2.24) is 9.97 Å². The quantitative estimate of drug-likeness (QED) is 0.505. The molecule has 0 amide bonds. The van der Waals surface area contributed by atoms with E-state index < -0.39 is 0 Å². The molecule has 0 radical (unpaired) electrons. The van der Waals surface area contributed by atoms with Gasteiger partial charge in [-0.05, 0) is 37.8 Å². The minimum Gasteiger partial charge on any atom is -0.308 e. The lowest BCUT2D eigenvalue weighted by atomic mass is 10.1. The number of nitrogens with two attached hydrogens (primary N) is 1. The smallest absolute Gasteiger partial charge is 0.161 e. The third-order valence-electron chi connectivity index (χ3n) is 3.65. The van der Waals surface area contributed by atoms with Crippen molar-refractivity contribution in [2.24, 2.45) is 5.84 Å². The van der Waals surface area contributed by atoms with Crippen molar-refractivity contribution in [2.75, 3.05) is 5.43 Å². The molecule has 1 aromatic carbocycles. The molecule has 0 atom stereocenters. The Balaban J connectivity index is 2.11.